The molecule has 0 radical (unpaired) electrons. The van der Waals surface area contributed by atoms with Crippen LogP contribution in [0.5, 0.6) is 0 Å². The van der Waals surface area contributed by atoms with Gasteiger partial charge in [0, 0.05) is 11.5 Å². The number of carbonyl (C=O) groups excluding carboxylic acids is 2. The zero-order valence-corrected chi connectivity index (χ0v) is 14.1. The second-order valence-electron chi connectivity index (χ2n) is 6.94. The van der Waals surface area contributed by atoms with Crippen molar-refractivity contribution in [2.45, 2.75) is 38.5 Å². The Labute approximate surface area is 147 Å². The SMILES string of the molecule is CC(C(=O)O)c1noc2cc(F)c(N3C(=O)C4CCCCC4C3=O)cc12. The van der Waals surface area contributed by atoms with E-state index in [0.717, 1.165) is 23.8 Å². The lowest BCUT2D eigenvalue weighted by atomic mass is 9.81. The highest BCUT2D eigenvalue weighted by molar-refractivity contribution is 6.22. The van der Waals surface area contributed by atoms with E-state index in [9.17, 15) is 23.9 Å². The Kier molecular flexibility index (Phi) is 3.78. The van der Waals surface area contributed by atoms with Crippen molar-refractivity contribution in [2.24, 2.45) is 11.8 Å². The molecule has 2 heterocycles. The van der Waals surface area contributed by atoms with E-state index in [0.29, 0.717) is 12.8 Å². The first-order valence-electron chi connectivity index (χ1n) is 8.59. The molecule has 1 aromatic carbocycles. The van der Waals surface area contributed by atoms with E-state index in [2.05, 4.69) is 5.16 Å². The van der Waals surface area contributed by atoms with Crippen LogP contribution in [0.15, 0.2) is 16.7 Å². The topological polar surface area (TPSA) is 101 Å². The monoisotopic (exact) mass is 360 g/mol. The number of nitrogens with zero attached hydrogens (tertiary/aromatic N) is 2. The number of hydrogen-bond donors (Lipinski definition) is 1. The van der Waals surface area contributed by atoms with Gasteiger partial charge in [-0.3, -0.25) is 14.4 Å². The van der Waals surface area contributed by atoms with Gasteiger partial charge in [-0.2, -0.15) is 0 Å². The van der Waals surface area contributed by atoms with Gasteiger partial charge in [0.2, 0.25) is 11.8 Å². The van der Waals surface area contributed by atoms with Crippen molar-refractivity contribution in [3.63, 3.8) is 0 Å². The van der Waals surface area contributed by atoms with Gasteiger partial charge in [-0.1, -0.05) is 18.0 Å². The van der Waals surface area contributed by atoms with Crippen LogP contribution < -0.4 is 4.90 Å². The summed E-state index contributed by atoms with van der Waals surface area (Å²) in [6, 6.07) is 2.33. The molecule has 2 amide bonds. The maximum Gasteiger partial charge on any atom is 0.312 e. The predicted molar refractivity (Wildman–Crippen MR) is 88.0 cm³/mol. The minimum Gasteiger partial charge on any atom is -0.481 e. The smallest absolute Gasteiger partial charge is 0.312 e. The molecule has 1 N–H and O–H groups in total. The molecular weight excluding hydrogens is 343 g/mol. The van der Waals surface area contributed by atoms with Crippen LogP contribution in [0.3, 0.4) is 0 Å². The molecular formula is C18H17FN2O5. The van der Waals surface area contributed by atoms with E-state index < -0.39 is 29.5 Å². The molecule has 3 atom stereocenters. The van der Waals surface area contributed by atoms with Gasteiger partial charge < -0.3 is 9.63 Å². The molecule has 1 aliphatic heterocycles. The van der Waals surface area contributed by atoms with E-state index in [1.54, 1.807) is 0 Å². The van der Waals surface area contributed by atoms with E-state index >= 15 is 0 Å². The maximum absolute atomic E-state index is 14.6. The maximum atomic E-state index is 14.6. The quantitative estimate of drug-likeness (QED) is 0.845. The molecule has 3 unspecified atom stereocenters. The van der Waals surface area contributed by atoms with Crippen molar-refractivity contribution in [2.75, 3.05) is 4.90 Å². The Bertz CT molecular complexity index is 913. The summed E-state index contributed by atoms with van der Waals surface area (Å²) in [5.41, 5.74) is 0.0417. The van der Waals surface area contributed by atoms with Crippen LogP contribution in [0.1, 0.15) is 44.2 Å². The lowest BCUT2D eigenvalue weighted by molar-refractivity contribution is -0.138. The minimum atomic E-state index is -1.11. The van der Waals surface area contributed by atoms with Gasteiger partial charge >= 0.3 is 5.97 Å². The first kappa shape index (κ1) is 16.7. The highest BCUT2D eigenvalue weighted by Gasteiger charge is 2.49. The van der Waals surface area contributed by atoms with E-state index in [1.165, 1.54) is 13.0 Å². The molecule has 7 nitrogen and oxygen atoms in total. The Balaban J connectivity index is 1.82. The zero-order chi connectivity index (χ0) is 18.6. The number of imide groups is 1. The Morgan fingerprint density at radius 2 is 1.88 bits per heavy atom. The van der Waals surface area contributed by atoms with Crippen molar-refractivity contribution in [3.05, 3.63) is 23.6 Å². The fraction of sp³-hybridized carbons (Fsp3) is 0.444. The third-order valence-corrected chi connectivity index (χ3v) is 5.43. The summed E-state index contributed by atoms with van der Waals surface area (Å²) < 4.78 is 19.6. The first-order valence-corrected chi connectivity index (χ1v) is 8.59. The molecule has 2 fully saturated rings. The van der Waals surface area contributed by atoms with Crippen molar-refractivity contribution in [3.8, 4) is 0 Å². The number of amides is 2. The van der Waals surface area contributed by atoms with E-state index in [1.807, 2.05) is 0 Å². The molecule has 4 rings (SSSR count). The molecule has 1 saturated carbocycles. The van der Waals surface area contributed by atoms with Crippen molar-refractivity contribution < 1.29 is 28.4 Å². The number of benzene rings is 1. The fourth-order valence-electron chi connectivity index (χ4n) is 3.97. The minimum absolute atomic E-state index is 0.0749. The number of aliphatic carboxylic acids is 1. The average Bonchev–Trinajstić information content (AvgIpc) is 3.13. The van der Waals surface area contributed by atoms with E-state index in [-0.39, 0.29) is 34.2 Å². The number of carbonyl (C=O) groups is 3. The number of anilines is 1. The van der Waals surface area contributed by atoms with Crippen LogP contribution in [0.4, 0.5) is 10.1 Å². The number of hydrogen-bond acceptors (Lipinski definition) is 5. The highest BCUT2D eigenvalue weighted by atomic mass is 19.1. The Morgan fingerprint density at radius 1 is 1.27 bits per heavy atom. The van der Waals surface area contributed by atoms with Crippen LogP contribution in [-0.2, 0) is 14.4 Å². The highest BCUT2D eigenvalue weighted by Crippen LogP contribution is 2.42. The van der Waals surface area contributed by atoms with Gasteiger partial charge in [0.25, 0.3) is 0 Å². The summed E-state index contributed by atoms with van der Waals surface area (Å²) in [5, 5.41) is 13.2. The molecule has 2 aliphatic rings. The third kappa shape index (κ3) is 2.32. The number of fused-ring (bicyclic) bond motifs is 2. The van der Waals surface area contributed by atoms with Crippen LogP contribution in [-0.4, -0.2) is 28.0 Å². The lowest BCUT2D eigenvalue weighted by Crippen LogP contribution is -2.31. The molecule has 1 aromatic heterocycles. The van der Waals surface area contributed by atoms with Crippen LogP contribution in [0.2, 0.25) is 0 Å². The predicted octanol–water partition coefficient (Wildman–Crippen LogP) is 2.83. The zero-order valence-electron chi connectivity index (χ0n) is 14.1. The number of carboxylic acids is 1. The molecule has 2 aromatic rings. The molecule has 0 spiro atoms. The number of aromatic nitrogens is 1. The van der Waals surface area contributed by atoms with Gasteiger partial charge in [0.1, 0.15) is 11.6 Å². The van der Waals surface area contributed by atoms with Gasteiger partial charge in [-0.25, -0.2) is 9.29 Å². The largest absolute Gasteiger partial charge is 0.481 e. The van der Waals surface area contributed by atoms with Crippen LogP contribution in [0.25, 0.3) is 11.0 Å². The van der Waals surface area contributed by atoms with E-state index in [4.69, 9.17) is 4.52 Å². The summed E-state index contributed by atoms with van der Waals surface area (Å²) in [5.74, 6) is -4.42. The number of rotatable bonds is 3. The summed E-state index contributed by atoms with van der Waals surface area (Å²) in [6.07, 6.45) is 3.01. The van der Waals surface area contributed by atoms with Crippen molar-refractivity contribution in [1.29, 1.82) is 0 Å². The summed E-state index contributed by atoms with van der Waals surface area (Å²) >= 11 is 0. The van der Waals surface area contributed by atoms with Crippen molar-refractivity contribution in [1.82, 2.24) is 5.16 Å². The number of halogens is 1. The first-order chi connectivity index (χ1) is 12.4. The normalized spacial score (nSPS) is 24.2. The van der Waals surface area contributed by atoms with Gasteiger partial charge in [-0.15, -0.1) is 0 Å². The molecule has 8 heteroatoms. The second kappa shape index (κ2) is 5.89. The van der Waals surface area contributed by atoms with Gasteiger partial charge in [0.05, 0.1) is 17.5 Å². The molecule has 136 valence electrons. The molecule has 26 heavy (non-hydrogen) atoms. The summed E-state index contributed by atoms with van der Waals surface area (Å²) in [4.78, 5) is 37.6. The lowest BCUT2D eigenvalue weighted by Gasteiger charge is -2.19. The average molecular weight is 360 g/mol. The molecule has 1 aliphatic carbocycles. The standard InChI is InChI=1S/C18H17FN2O5/c1-8(18(24)25)15-11-6-13(12(19)7-14(11)26-20-15)21-16(22)9-4-2-3-5-10(9)17(21)23/h6-10H,2-5H2,1H3,(H,24,25). The fourth-order valence-corrected chi connectivity index (χ4v) is 3.97. The second-order valence-corrected chi connectivity index (χ2v) is 6.94. The van der Waals surface area contributed by atoms with Crippen LogP contribution in [0, 0.1) is 17.7 Å². The summed E-state index contributed by atoms with van der Waals surface area (Å²) in [7, 11) is 0. The van der Waals surface area contributed by atoms with Crippen LogP contribution >= 0.6 is 0 Å². The summed E-state index contributed by atoms with van der Waals surface area (Å²) in [6.45, 7) is 1.43. The third-order valence-electron chi connectivity index (χ3n) is 5.43. The molecule has 0 bridgehead atoms. The Hall–Kier alpha value is -2.77. The number of carboxylic acid groups (broad SMARTS) is 1. The Morgan fingerprint density at radius 3 is 2.46 bits per heavy atom. The van der Waals surface area contributed by atoms with Crippen molar-refractivity contribution >= 4 is 34.4 Å². The molecule has 1 saturated heterocycles. The van der Waals surface area contributed by atoms with Gasteiger partial charge in [-0.05, 0) is 25.8 Å². The van der Waals surface area contributed by atoms with Gasteiger partial charge in [0.15, 0.2) is 11.4 Å².